The second-order valence-electron chi connectivity index (χ2n) is 7.43. The van der Waals surface area contributed by atoms with Crippen molar-refractivity contribution in [3.8, 4) is 0 Å². The summed E-state index contributed by atoms with van der Waals surface area (Å²) in [7, 11) is 0. The lowest BCUT2D eigenvalue weighted by Gasteiger charge is -2.22. The largest absolute Gasteiger partial charge is 0.381 e. The molecule has 4 aromatic rings. The molecule has 0 bridgehead atoms. The van der Waals surface area contributed by atoms with E-state index in [2.05, 4.69) is 25.7 Å². The molecule has 0 amide bonds. The molecule has 0 aliphatic carbocycles. The van der Waals surface area contributed by atoms with Gasteiger partial charge in [-0.15, -0.1) is 0 Å². The minimum Gasteiger partial charge on any atom is -0.381 e. The SMILES string of the molecule is Fc1cc(F)c(Nc2nn(C3CCOCC3)c3nc(Nc4ccccc4)ncc23)c(F)c1. The quantitative estimate of drug-likeness (QED) is 0.451. The van der Waals surface area contributed by atoms with E-state index >= 15 is 0 Å². The van der Waals surface area contributed by atoms with Crippen LogP contribution in [-0.4, -0.2) is 33.0 Å². The number of ether oxygens (including phenoxy) is 1. The van der Waals surface area contributed by atoms with Crippen LogP contribution < -0.4 is 10.6 Å². The average molecular weight is 440 g/mol. The molecule has 1 aliphatic heterocycles. The molecule has 2 aromatic heterocycles. The topological polar surface area (TPSA) is 76.9 Å². The first-order valence-corrected chi connectivity index (χ1v) is 10.1. The highest BCUT2D eigenvalue weighted by Crippen LogP contribution is 2.32. The third kappa shape index (κ3) is 3.96. The number of anilines is 4. The number of nitrogens with one attached hydrogen (secondary N) is 2. The summed E-state index contributed by atoms with van der Waals surface area (Å²) in [4.78, 5) is 8.95. The maximum absolute atomic E-state index is 14.2. The normalized spacial score (nSPS) is 14.6. The molecule has 5 rings (SSSR count). The first kappa shape index (κ1) is 20.3. The number of rotatable bonds is 5. The van der Waals surface area contributed by atoms with E-state index in [1.165, 1.54) is 6.20 Å². The molecule has 7 nitrogen and oxygen atoms in total. The van der Waals surface area contributed by atoms with Crippen molar-refractivity contribution in [2.75, 3.05) is 23.8 Å². The molecule has 1 saturated heterocycles. The summed E-state index contributed by atoms with van der Waals surface area (Å²) in [6.45, 7) is 1.16. The Labute approximate surface area is 181 Å². The molecule has 0 atom stereocenters. The van der Waals surface area contributed by atoms with Crippen molar-refractivity contribution in [2.45, 2.75) is 18.9 Å². The van der Waals surface area contributed by atoms with E-state index < -0.39 is 23.1 Å². The van der Waals surface area contributed by atoms with Crippen molar-refractivity contribution in [2.24, 2.45) is 0 Å². The Morgan fingerprint density at radius 1 is 0.969 bits per heavy atom. The van der Waals surface area contributed by atoms with E-state index in [0.29, 0.717) is 42.3 Å². The van der Waals surface area contributed by atoms with Gasteiger partial charge in [0.25, 0.3) is 0 Å². The molecule has 10 heteroatoms. The van der Waals surface area contributed by atoms with Gasteiger partial charge in [-0.2, -0.15) is 10.1 Å². The highest BCUT2D eigenvalue weighted by molar-refractivity contribution is 5.90. The van der Waals surface area contributed by atoms with Gasteiger partial charge in [0.2, 0.25) is 5.95 Å². The lowest BCUT2D eigenvalue weighted by Crippen LogP contribution is -2.21. The Morgan fingerprint density at radius 3 is 2.41 bits per heavy atom. The lowest BCUT2D eigenvalue weighted by atomic mass is 10.1. The number of nitrogens with zero attached hydrogens (tertiary/aromatic N) is 4. The predicted molar refractivity (Wildman–Crippen MR) is 114 cm³/mol. The van der Waals surface area contributed by atoms with Gasteiger partial charge in [0, 0.05) is 37.2 Å². The van der Waals surface area contributed by atoms with Crippen molar-refractivity contribution in [3.05, 3.63) is 66.1 Å². The summed E-state index contributed by atoms with van der Waals surface area (Å²) in [5.74, 6) is -2.56. The average Bonchev–Trinajstić information content (AvgIpc) is 3.15. The van der Waals surface area contributed by atoms with Gasteiger partial charge in [-0.25, -0.2) is 22.8 Å². The monoisotopic (exact) mass is 440 g/mol. The van der Waals surface area contributed by atoms with Gasteiger partial charge in [0.05, 0.1) is 11.4 Å². The molecule has 32 heavy (non-hydrogen) atoms. The van der Waals surface area contributed by atoms with Crippen LogP contribution in [0.25, 0.3) is 11.0 Å². The summed E-state index contributed by atoms with van der Waals surface area (Å²) in [5, 5.41) is 10.8. The lowest BCUT2D eigenvalue weighted by molar-refractivity contribution is 0.0674. The van der Waals surface area contributed by atoms with E-state index in [1.807, 2.05) is 30.3 Å². The zero-order chi connectivity index (χ0) is 22.1. The zero-order valence-electron chi connectivity index (χ0n) is 16.9. The fourth-order valence-corrected chi connectivity index (χ4v) is 3.69. The molecule has 0 radical (unpaired) electrons. The Morgan fingerprint density at radius 2 is 1.69 bits per heavy atom. The van der Waals surface area contributed by atoms with Crippen molar-refractivity contribution in [3.63, 3.8) is 0 Å². The number of halogens is 3. The maximum atomic E-state index is 14.2. The Kier molecular flexibility index (Phi) is 5.36. The predicted octanol–water partition coefficient (Wildman–Crippen LogP) is 5.08. The number of hydrogen-bond donors (Lipinski definition) is 2. The van der Waals surface area contributed by atoms with Gasteiger partial charge < -0.3 is 15.4 Å². The molecule has 3 heterocycles. The smallest absolute Gasteiger partial charge is 0.229 e. The Balaban J connectivity index is 1.57. The van der Waals surface area contributed by atoms with E-state index in [9.17, 15) is 13.2 Å². The van der Waals surface area contributed by atoms with Crippen LogP contribution in [0.4, 0.5) is 36.3 Å². The number of hydrogen-bond acceptors (Lipinski definition) is 6. The number of benzene rings is 2. The first-order chi connectivity index (χ1) is 15.6. The molecule has 0 saturated carbocycles. The Bertz CT molecular complexity index is 1230. The van der Waals surface area contributed by atoms with Crippen LogP contribution in [0.1, 0.15) is 18.9 Å². The highest BCUT2D eigenvalue weighted by Gasteiger charge is 2.24. The van der Waals surface area contributed by atoms with Crippen molar-refractivity contribution >= 4 is 34.2 Å². The van der Waals surface area contributed by atoms with Gasteiger partial charge >= 0.3 is 0 Å². The fourth-order valence-electron chi connectivity index (χ4n) is 3.69. The molecule has 2 N–H and O–H groups in total. The van der Waals surface area contributed by atoms with Gasteiger partial charge in [-0.05, 0) is 25.0 Å². The van der Waals surface area contributed by atoms with E-state index in [4.69, 9.17) is 4.74 Å². The second-order valence-corrected chi connectivity index (χ2v) is 7.43. The molecular formula is C22H19F3N6O. The van der Waals surface area contributed by atoms with E-state index in [0.717, 1.165) is 18.5 Å². The summed E-state index contributed by atoms with van der Waals surface area (Å²) in [6.07, 6.45) is 2.99. The van der Waals surface area contributed by atoms with Crippen LogP contribution in [0.3, 0.4) is 0 Å². The minimum absolute atomic E-state index is 0.00388. The molecule has 1 aliphatic rings. The summed E-state index contributed by atoms with van der Waals surface area (Å²) in [5.41, 5.74) is 0.838. The standard InChI is InChI=1S/C22H19F3N6O/c23-13-10-17(24)19(18(25)11-13)28-20-16-12-26-22(27-14-4-2-1-3-5-14)29-21(16)31(30-20)15-6-8-32-9-7-15/h1-5,10-12,15H,6-9H2,(H,28,30)(H,26,27,29). The van der Waals surface area contributed by atoms with Gasteiger partial charge in [-0.1, -0.05) is 18.2 Å². The van der Waals surface area contributed by atoms with Gasteiger partial charge in [0.15, 0.2) is 23.1 Å². The van der Waals surface area contributed by atoms with Crippen molar-refractivity contribution in [1.82, 2.24) is 19.7 Å². The molecule has 164 valence electrons. The number of aromatic nitrogens is 4. The zero-order valence-corrected chi connectivity index (χ0v) is 16.9. The van der Waals surface area contributed by atoms with Crippen LogP contribution in [-0.2, 0) is 4.74 Å². The Hall–Kier alpha value is -3.66. The molecular weight excluding hydrogens is 421 g/mol. The van der Waals surface area contributed by atoms with Crippen LogP contribution >= 0.6 is 0 Å². The van der Waals surface area contributed by atoms with Crippen LogP contribution in [0.2, 0.25) is 0 Å². The molecule has 0 unspecified atom stereocenters. The fraction of sp³-hybridized carbons (Fsp3) is 0.227. The van der Waals surface area contributed by atoms with Crippen molar-refractivity contribution in [1.29, 1.82) is 0 Å². The summed E-state index contributed by atoms with van der Waals surface area (Å²) < 4.78 is 48.9. The van der Waals surface area contributed by atoms with Gasteiger partial charge in [0.1, 0.15) is 11.5 Å². The van der Waals surface area contributed by atoms with Crippen LogP contribution in [0.5, 0.6) is 0 Å². The van der Waals surface area contributed by atoms with Crippen LogP contribution in [0.15, 0.2) is 48.7 Å². The number of para-hydroxylation sites is 1. The second kappa shape index (κ2) is 8.46. The van der Waals surface area contributed by atoms with E-state index in [-0.39, 0.29) is 11.9 Å². The highest BCUT2D eigenvalue weighted by atomic mass is 19.1. The molecule has 2 aromatic carbocycles. The van der Waals surface area contributed by atoms with Gasteiger partial charge in [-0.3, -0.25) is 0 Å². The van der Waals surface area contributed by atoms with Crippen molar-refractivity contribution < 1.29 is 17.9 Å². The first-order valence-electron chi connectivity index (χ1n) is 10.1. The molecule has 1 fully saturated rings. The van der Waals surface area contributed by atoms with Crippen LogP contribution in [0, 0.1) is 17.5 Å². The maximum Gasteiger partial charge on any atom is 0.229 e. The third-order valence-corrected chi connectivity index (χ3v) is 5.27. The molecule has 0 spiro atoms. The number of fused-ring (bicyclic) bond motifs is 1. The summed E-state index contributed by atoms with van der Waals surface area (Å²) in [6, 6.07) is 10.7. The summed E-state index contributed by atoms with van der Waals surface area (Å²) >= 11 is 0. The minimum atomic E-state index is -1.06. The van der Waals surface area contributed by atoms with E-state index in [1.54, 1.807) is 4.68 Å². The third-order valence-electron chi connectivity index (χ3n) is 5.27.